The van der Waals surface area contributed by atoms with E-state index in [2.05, 4.69) is 11.9 Å². The molecule has 2 amide bonds. The number of primary amides is 1. The van der Waals surface area contributed by atoms with Gasteiger partial charge >= 0.3 is 0 Å². The van der Waals surface area contributed by atoms with Crippen LogP contribution in [0.4, 0.5) is 5.69 Å². The van der Waals surface area contributed by atoms with Gasteiger partial charge in [-0.25, -0.2) is 0 Å². The lowest BCUT2D eigenvalue weighted by Gasteiger charge is -2.10. The largest absolute Gasteiger partial charge is 0.369 e. The van der Waals surface area contributed by atoms with Crippen LogP contribution in [0.25, 0.3) is 0 Å². The molecule has 1 rings (SSSR count). The average molecular weight is 232 g/mol. The second-order valence-electron chi connectivity index (χ2n) is 3.71. The molecule has 0 aliphatic heterocycles. The lowest BCUT2D eigenvalue weighted by molar-refractivity contribution is -0.119. The van der Waals surface area contributed by atoms with Crippen LogP contribution in [0, 0.1) is 0 Å². The molecule has 4 nitrogen and oxygen atoms in total. The Kier molecular flexibility index (Phi) is 4.46. The van der Waals surface area contributed by atoms with Crippen molar-refractivity contribution >= 4 is 17.5 Å². The molecule has 0 atom stereocenters. The number of aryl methyl sites for hydroxylation is 1. The molecule has 4 heteroatoms. The van der Waals surface area contributed by atoms with Crippen molar-refractivity contribution in [2.45, 2.75) is 19.8 Å². The standard InChI is InChI=1S/C13H16N2O2/c1-3-10-6-4-5-7-11(10)15-13(17)9(2)8-12(14)16/h4-7H,2-3,8H2,1H3,(H2,14,16)(H,15,17). The van der Waals surface area contributed by atoms with E-state index < -0.39 is 5.91 Å². The van der Waals surface area contributed by atoms with Crippen LogP contribution in [0.2, 0.25) is 0 Å². The number of carbonyl (C=O) groups is 2. The van der Waals surface area contributed by atoms with Gasteiger partial charge in [0.1, 0.15) is 0 Å². The Balaban J connectivity index is 2.74. The van der Waals surface area contributed by atoms with E-state index in [-0.39, 0.29) is 17.9 Å². The Morgan fingerprint density at radius 2 is 2.00 bits per heavy atom. The SMILES string of the molecule is C=C(CC(N)=O)C(=O)Nc1ccccc1CC. The summed E-state index contributed by atoms with van der Waals surface area (Å²) in [5.41, 5.74) is 6.95. The predicted molar refractivity (Wildman–Crippen MR) is 67.4 cm³/mol. The molecule has 0 aromatic heterocycles. The number of hydrogen-bond donors (Lipinski definition) is 2. The Hall–Kier alpha value is -2.10. The molecule has 1 aromatic rings. The van der Waals surface area contributed by atoms with E-state index in [4.69, 9.17) is 5.73 Å². The number of hydrogen-bond acceptors (Lipinski definition) is 2. The zero-order chi connectivity index (χ0) is 12.8. The second-order valence-corrected chi connectivity index (χ2v) is 3.71. The summed E-state index contributed by atoms with van der Waals surface area (Å²) in [6.07, 6.45) is 0.693. The van der Waals surface area contributed by atoms with E-state index in [0.29, 0.717) is 0 Å². The van der Waals surface area contributed by atoms with Gasteiger partial charge in [0.05, 0.1) is 6.42 Å². The van der Waals surface area contributed by atoms with Crippen molar-refractivity contribution < 1.29 is 9.59 Å². The van der Waals surface area contributed by atoms with Gasteiger partial charge in [0.2, 0.25) is 5.91 Å². The van der Waals surface area contributed by atoms with Crippen LogP contribution < -0.4 is 11.1 Å². The molecule has 0 saturated carbocycles. The summed E-state index contributed by atoms with van der Waals surface area (Å²) in [4.78, 5) is 22.4. The Labute approximate surface area is 101 Å². The third-order valence-corrected chi connectivity index (χ3v) is 2.36. The van der Waals surface area contributed by atoms with E-state index in [9.17, 15) is 9.59 Å². The number of anilines is 1. The molecule has 0 unspecified atom stereocenters. The molecule has 0 saturated heterocycles. The molecule has 17 heavy (non-hydrogen) atoms. The first-order valence-corrected chi connectivity index (χ1v) is 5.40. The third kappa shape index (κ3) is 3.75. The fourth-order valence-corrected chi connectivity index (χ4v) is 1.45. The van der Waals surface area contributed by atoms with Crippen molar-refractivity contribution in [2.24, 2.45) is 5.73 Å². The van der Waals surface area contributed by atoms with Gasteiger partial charge in [-0.2, -0.15) is 0 Å². The summed E-state index contributed by atoms with van der Waals surface area (Å²) in [5, 5.41) is 2.72. The summed E-state index contributed by atoms with van der Waals surface area (Å²) < 4.78 is 0. The molecule has 0 bridgehead atoms. The zero-order valence-corrected chi connectivity index (χ0v) is 9.82. The first-order chi connectivity index (χ1) is 8.04. The summed E-state index contributed by atoms with van der Waals surface area (Å²) >= 11 is 0. The number of benzene rings is 1. The zero-order valence-electron chi connectivity index (χ0n) is 9.82. The van der Waals surface area contributed by atoms with Crippen molar-refractivity contribution in [3.63, 3.8) is 0 Å². The highest BCUT2D eigenvalue weighted by Crippen LogP contribution is 2.16. The van der Waals surface area contributed by atoms with Crippen LogP contribution in [-0.2, 0) is 16.0 Å². The number of para-hydroxylation sites is 1. The van der Waals surface area contributed by atoms with Gasteiger partial charge in [0.15, 0.2) is 0 Å². The second kappa shape index (κ2) is 5.84. The van der Waals surface area contributed by atoms with Crippen molar-refractivity contribution in [1.29, 1.82) is 0 Å². The summed E-state index contributed by atoms with van der Waals surface area (Å²) in [6, 6.07) is 7.50. The van der Waals surface area contributed by atoms with Gasteiger partial charge in [-0.15, -0.1) is 0 Å². The molecule has 0 spiro atoms. The van der Waals surface area contributed by atoms with Gasteiger partial charge < -0.3 is 11.1 Å². The highest BCUT2D eigenvalue weighted by Gasteiger charge is 2.11. The van der Waals surface area contributed by atoms with Crippen LogP contribution in [0.5, 0.6) is 0 Å². The van der Waals surface area contributed by atoms with E-state index >= 15 is 0 Å². The lowest BCUT2D eigenvalue weighted by Crippen LogP contribution is -2.20. The minimum Gasteiger partial charge on any atom is -0.369 e. The minimum absolute atomic E-state index is 0.125. The van der Waals surface area contributed by atoms with Crippen molar-refractivity contribution in [3.8, 4) is 0 Å². The average Bonchev–Trinajstić information content (AvgIpc) is 2.28. The molecule has 0 fully saturated rings. The van der Waals surface area contributed by atoms with Crippen molar-refractivity contribution in [1.82, 2.24) is 0 Å². The quantitative estimate of drug-likeness (QED) is 0.757. The highest BCUT2D eigenvalue weighted by atomic mass is 16.2. The predicted octanol–water partition coefficient (Wildman–Crippen LogP) is 1.62. The normalized spacial score (nSPS) is 9.71. The van der Waals surface area contributed by atoms with Crippen LogP contribution in [0.3, 0.4) is 0 Å². The number of carbonyl (C=O) groups excluding carboxylic acids is 2. The monoisotopic (exact) mass is 232 g/mol. The van der Waals surface area contributed by atoms with Gasteiger partial charge in [-0.1, -0.05) is 31.7 Å². The summed E-state index contributed by atoms with van der Waals surface area (Å²) in [5.74, 6) is -0.932. The third-order valence-electron chi connectivity index (χ3n) is 2.36. The summed E-state index contributed by atoms with van der Waals surface area (Å²) in [7, 11) is 0. The maximum atomic E-state index is 11.7. The molecule has 0 radical (unpaired) electrons. The lowest BCUT2D eigenvalue weighted by atomic mass is 10.1. The Morgan fingerprint density at radius 3 is 2.59 bits per heavy atom. The topological polar surface area (TPSA) is 72.2 Å². The number of amides is 2. The van der Waals surface area contributed by atoms with Crippen LogP contribution in [0.15, 0.2) is 36.4 Å². The molecular weight excluding hydrogens is 216 g/mol. The van der Waals surface area contributed by atoms with E-state index in [0.717, 1.165) is 17.7 Å². The van der Waals surface area contributed by atoms with Crippen LogP contribution >= 0.6 is 0 Å². The van der Waals surface area contributed by atoms with Crippen LogP contribution in [-0.4, -0.2) is 11.8 Å². The maximum absolute atomic E-state index is 11.7. The molecule has 3 N–H and O–H groups in total. The molecule has 90 valence electrons. The number of nitrogens with one attached hydrogen (secondary N) is 1. The minimum atomic E-state index is -0.561. The number of nitrogens with two attached hydrogens (primary N) is 1. The first-order valence-electron chi connectivity index (χ1n) is 5.40. The first kappa shape index (κ1) is 13.0. The van der Waals surface area contributed by atoms with E-state index in [1.165, 1.54) is 0 Å². The molecule has 0 aliphatic carbocycles. The van der Waals surface area contributed by atoms with E-state index in [1.807, 2.05) is 31.2 Å². The van der Waals surface area contributed by atoms with Crippen molar-refractivity contribution in [3.05, 3.63) is 42.0 Å². The Morgan fingerprint density at radius 1 is 1.35 bits per heavy atom. The van der Waals surface area contributed by atoms with Crippen LogP contribution in [0.1, 0.15) is 18.9 Å². The van der Waals surface area contributed by atoms with E-state index in [1.54, 1.807) is 0 Å². The van der Waals surface area contributed by atoms with Gasteiger partial charge in [-0.05, 0) is 18.1 Å². The van der Waals surface area contributed by atoms with Gasteiger partial charge in [0, 0.05) is 11.3 Å². The number of rotatable bonds is 5. The molecule has 1 aromatic carbocycles. The Bertz CT molecular complexity index is 452. The fourth-order valence-electron chi connectivity index (χ4n) is 1.45. The molecular formula is C13H16N2O2. The molecule has 0 heterocycles. The van der Waals surface area contributed by atoms with Crippen molar-refractivity contribution in [2.75, 3.05) is 5.32 Å². The van der Waals surface area contributed by atoms with Gasteiger partial charge in [0.25, 0.3) is 5.91 Å². The smallest absolute Gasteiger partial charge is 0.251 e. The fraction of sp³-hybridized carbons (Fsp3) is 0.231. The van der Waals surface area contributed by atoms with Gasteiger partial charge in [-0.3, -0.25) is 9.59 Å². The molecule has 0 aliphatic rings. The maximum Gasteiger partial charge on any atom is 0.251 e. The summed E-state index contributed by atoms with van der Waals surface area (Å²) in [6.45, 7) is 5.54. The highest BCUT2D eigenvalue weighted by molar-refractivity contribution is 6.06.